The van der Waals surface area contributed by atoms with Crippen molar-refractivity contribution < 1.29 is 14.3 Å². The van der Waals surface area contributed by atoms with E-state index < -0.39 is 0 Å². The first-order valence-electron chi connectivity index (χ1n) is 15.9. The van der Waals surface area contributed by atoms with Crippen LogP contribution in [0.4, 0.5) is 0 Å². The molecule has 0 bridgehead atoms. The molecule has 214 valence electrons. The van der Waals surface area contributed by atoms with Gasteiger partial charge >= 0.3 is 0 Å². The average Bonchev–Trinajstić information content (AvgIpc) is 3.78. The summed E-state index contributed by atoms with van der Waals surface area (Å²) in [6.45, 7) is 13.6. The summed E-state index contributed by atoms with van der Waals surface area (Å²) in [6.07, 6.45) is 14.9. The van der Waals surface area contributed by atoms with Crippen LogP contribution in [0.5, 0.6) is 5.75 Å². The van der Waals surface area contributed by atoms with Crippen molar-refractivity contribution in [1.29, 1.82) is 0 Å². The molecule has 5 saturated carbocycles. The molecule has 11 atom stereocenters. The minimum atomic E-state index is -0.255. The number of allylic oxidation sites excluding steroid dienone is 2. The number of Topliss-reactive ketones (excluding diaryl/α,β-unsaturated/α-hetero) is 1. The molecule has 1 heterocycles. The fourth-order valence-corrected chi connectivity index (χ4v) is 11.2. The summed E-state index contributed by atoms with van der Waals surface area (Å²) in [5, 5.41) is 0. The van der Waals surface area contributed by atoms with Gasteiger partial charge in [0.25, 0.3) is 0 Å². The van der Waals surface area contributed by atoms with E-state index in [0.717, 1.165) is 35.7 Å². The molecule has 0 amide bonds. The number of hydrogen-bond acceptors (Lipinski definition) is 5. The van der Waals surface area contributed by atoms with E-state index in [9.17, 15) is 4.79 Å². The van der Waals surface area contributed by atoms with Crippen LogP contribution in [0.1, 0.15) is 92.3 Å². The van der Waals surface area contributed by atoms with Crippen LogP contribution in [0.2, 0.25) is 0 Å². The SMILES string of the molecule is CC.COc1cnc(C2=CC3C4C5CC6C7CCC(CC(CC(C)C)OC)C7(C)CCC6C(C)(C2=O)C354)nc1. The van der Waals surface area contributed by atoms with Crippen LogP contribution in [0.3, 0.4) is 0 Å². The van der Waals surface area contributed by atoms with Gasteiger partial charge in [-0.15, -0.1) is 0 Å². The summed E-state index contributed by atoms with van der Waals surface area (Å²) in [4.78, 5) is 23.6. The largest absolute Gasteiger partial charge is 0.494 e. The Morgan fingerprint density at radius 2 is 1.74 bits per heavy atom. The fraction of sp³-hybridized carbons (Fsp3) is 0.794. The first-order chi connectivity index (χ1) is 18.7. The van der Waals surface area contributed by atoms with E-state index >= 15 is 0 Å². The van der Waals surface area contributed by atoms with E-state index in [1.165, 1.54) is 38.5 Å². The zero-order chi connectivity index (χ0) is 27.9. The standard InChI is InChI=1S/C32H44N2O3.C2H6/c1-17(2)11-19(36-5)12-18-7-8-23-21-13-25-27-26-14-22(29-33-15-20(37-6)16-34-29)28(35)31(4,32(25,26)27)24(21)9-10-30(18,23)3;1-2/h14-19,21,23-27H,7-13H2,1-6H3;1-2H3. The van der Waals surface area contributed by atoms with Crippen LogP contribution in [0.15, 0.2) is 18.5 Å². The van der Waals surface area contributed by atoms with Gasteiger partial charge in [0.1, 0.15) is 0 Å². The second-order valence-electron chi connectivity index (χ2n) is 14.3. The Hall–Kier alpha value is -1.75. The van der Waals surface area contributed by atoms with Gasteiger partial charge in [-0.25, -0.2) is 9.97 Å². The monoisotopic (exact) mass is 534 g/mol. The molecule has 0 saturated heterocycles. The summed E-state index contributed by atoms with van der Waals surface area (Å²) < 4.78 is 11.2. The van der Waals surface area contributed by atoms with Crippen LogP contribution in [0.25, 0.3) is 5.57 Å². The number of ketones is 1. The topological polar surface area (TPSA) is 61.3 Å². The van der Waals surface area contributed by atoms with Crippen molar-refractivity contribution in [2.45, 2.75) is 92.6 Å². The van der Waals surface area contributed by atoms with Crippen LogP contribution in [-0.2, 0) is 9.53 Å². The van der Waals surface area contributed by atoms with Crippen molar-refractivity contribution in [3.05, 3.63) is 24.3 Å². The third kappa shape index (κ3) is 3.50. The van der Waals surface area contributed by atoms with Crippen molar-refractivity contribution in [2.75, 3.05) is 14.2 Å². The van der Waals surface area contributed by atoms with Gasteiger partial charge in [-0.1, -0.05) is 47.6 Å². The maximum Gasteiger partial charge on any atom is 0.173 e. The summed E-state index contributed by atoms with van der Waals surface area (Å²) in [5.41, 5.74) is 1.17. The van der Waals surface area contributed by atoms with Gasteiger partial charge in [-0.05, 0) is 103 Å². The van der Waals surface area contributed by atoms with Crippen LogP contribution in [0, 0.1) is 63.6 Å². The number of rotatable bonds is 7. The smallest absolute Gasteiger partial charge is 0.173 e. The predicted octanol–water partition coefficient (Wildman–Crippen LogP) is 7.26. The molecule has 5 nitrogen and oxygen atoms in total. The molecular formula is C34H50N2O3. The first-order valence-corrected chi connectivity index (χ1v) is 15.9. The molecule has 5 heteroatoms. The number of ether oxygens (including phenoxy) is 2. The van der Waals surface area contributed by atoms with Crippen LogP contribution < -0.4 is 4.74 Å². The zero-order valence-electron chi connectivity index (χ0n) is 25.5. The minimum Gasteiger partial charge on any atom is -0.494 e. The van der Waals surface area contributed by atoms with Gasteiger partial charge in [0.15, 0.2) is 17.4 Å². The highest BCUT2D eigenvalue weighted by Crippen LogP contribution is 2.97. The lowest BCUT2D eigenvalue weighted by Crippen LogP contribution is -2.57. The molecule has 6 aliphatic carbocycles. The molecule has 0 N–H and O–H groups in total. The van der Waals surface area contributed by atoms with Gasteiger partial charge in [-0.3, -0.25) is 4.79 Å². The van der Waals surface area contributed by atoms with Crippen molar-refractivity contribution in [3.8, 4) is 5.75 Å². The van der Waals surface area contributed by atoms with Crippen molar-refractivity contribution >= 4 is 11.4 Å². The second-order valence-corrected chi connectivity index (χ2v) is 14.3. The zero-order valence-corrected chi connectivity index (χ0v) is 25.5. The summed E-state index contributed by atoms with van der Waals surface area (Å²) in [7, 11) is 3.53. The summed E-state index contributed by atoms with van der Waals surface area (Å²) in [6, 6.07) is 0. The van der Waals surface area contributed by atoms with Gasteiger partial charge in [-0.2, -0.15) is 0 Å². The molecule has 7 rings (SSSR count). The third-order valence-electron chi connectivity index (χ3n) is 12.9. The van der Waals surface area contributed by atoms with E-state index in [-0.39, 0.29) is 10.8 Å². The number of carbonyl (C=O) groups is 1. The van der Waals surface area contributed by atoms with Crippen LogP contribution >= 0.6 is 0 Å². The number of nitrogens with zero attached hydrogens (tertiary/aromatic N) is 2. The Kier molecular flexibility index (Phi) is 6.60. The average molecular weight is 535 g/mol. The van der Waals surface area contributed by atoms with Gasteiger partial charge in [0.2, 0.25) is 0 Å². The fourth-order valence-electron chi connectivity index (χ4n) is 11.2. The number of fused-ring (bicyclic) bond motifs is 6. The highest BCUT2D eigenvalue weighted by Gasteiger charge is 2.95. The predicted molar refractivity (Wildman–Crippen MR) is 154 cm³/mol. The van der Waals surface area contributed by atoms with E-state index in [2.05, 4.69) is 43.7 Å². The number of hydrogen-bond donors (Lipinski definition) is 0. The lowest BCUT2D eigenvalue weighted by Gasteiger charge is -2.59. The van der Waals surface area contributed by atoms with Crippen molar-refractivity contribution in [1.82, 2.24) is 9.97 Å². The van der Waals surface area contributed by atoms with Crippen molar-refractivity contribution in [2.24, 2.45) is 63.6 Å². The Balaban J connectivity index is 0.00000135. The molecule has 1 aromatic rings. The molecule has 5 fully saturated rings. The lowest BCUT2D eigenvalue weighted by molar-refractivity contribution is -0.147. The molecule has 39 heavy (non-hydrogen) atoms. The molecular weight excluding hydrogens is 484 g/mol. The maximum atomic E-state index is 14.5. The van der Waals surface area contributed by atoms with E-state index in [1.807, 2.05) is 21.0 Å². The Morgan fingerprint density at radius 1 is 1.03 bits per heavy atom. The first kappa shape index (κ1) is 27.4. The molecule has 0 aliphatic heterocycles. The van der Waals surface area contributed by atoms with Gasteiger partial charge < -0.3 is 9.47 Å². The number of carbonyl (C=O) groups excluding carboxylic acids is 1. The Bertz CT molecular complexity index is 1150. The summed E-state index contributed by atoms with van der Waals surface area (Å²) >= 11 is 0. The Labute approximate surface area is 235 Å². The quantitative estimate of drug-likeness (QED) is 0.368. The maximum absolute atomic E-state index is 14.5. The van der Waals surface area contributed by atoms with Crippen molar-refractivity contribution in [3.63, 3.8) is 0 Å². The molecule has 6 aliphatic rings. The van der Waals surface area contributed by atoms with Gasteiger partial charge in [0.05, 0.1) is 31.2 Å². The molecule has 1 spiro atoms. The van der Waals surface area contributed by atoms with Crippen LogP contribution in [-0.4, -0.2) is 36.1 Å². The summed E-state index contributed by atoms with van der Waals surface area (Å²) in [5.74, 6) is 6.95. The highest BCUT2D eigenvalue weighted by molar-refractivity contribution is 6.24. The van der Waals surface area contributed by atoms with E-state index in [1.54, 1.807) is 19.5 Å². The normalized spacial score (nSPS) is 45.1. The molecule has 11 unspecified atom stereocenters. The number of methoxy groups -OCH3 is 2. The molecule has 0 radical (unpaired) electrons. The molecule has 0 aromatic carbocycles. The second kappa shape index (κ2) is 9.39. The number of aromatic nitrogens is 2. The Morgan fingerprint density at radius 3 is 2.38 bits per heavy atom. The van der Waals surface area contributed by atoms with E-state index in [0.29, 0.717) is 52.5 Å². The molecule has 1 aromatic heterocycles. The lowest BCUT2D eigenvalue weighted by atomic mass is 9.44. The third-order valence-corrected chi connectivity index (χ3v) is 12.9. The van der Waals surface area contributed by atoms with Gasteiger partial charge in [0, 0.05) is 12.5 Å². The van der Waals surface area contributed by atoms with E-state index in [4.69, 9.17) is 9.47 Å². The highest BCUT2D eigenvalue weighted by atomic mass is 16.5. The minimum absolute atomic E-state index is 0.255.